The summed E-state index contributed by atoms with van der Waals surface area (Å²) in [7, 11) is -2.40. The molecule has 4 rings (SSSR count). The minimum Gasteiger partial charge on any atom is -0.480 e. The Morgan fingerprint density at radius 2 is 1.35 bits per heavy atom. The van der Waals surface area contributed by atoms with E-state index in [4.69, 9.17) is 10.8 Å². The maximum absolute atomic E-state index is 13.4. The Morgan fingerprint density at radius 3 is 1.76 bits per heavy atom. The van der Waals surface area contributed by atoms with Crippen molar-refractivity contribution in [2.24, 2.45) is 5.73 Å². The minimum atomic E-state index is -2.40. The molecule has 1 heterocycles. The Kier molecular flexibility index (Phi) is 7.47. The third-order valence-corrected chi connectivity index (χ3v) is 11.5. The van der Waals surface area contributed by atoms with E-state index in [1.165, 1.54) is 4.90 Å². The van der Waals surface area contributed by atoms with Gasteiger partial charge >= 0.3 is 5.97 Å². The minimum absolute atomic E-state index is 0.0498. The molecule has 0 spiro atoms. The third-order valence-electron chi connectivity index (χ3n) is 5.94. The average Bonchev–Trinajstić information content (AvgIpc) is 3.14. The first kappa shape index (κ1) is 24.1. The molecule has 3 aromatic rings. The summed E-state index contributed by atoms with van der Waals surface area (Å²) in [6.07, 6.45) is 0.305. The van der Waals surface area contributed by atoms with Crippen LogP contribution in [0.1, 0.15) is 6.42 Å². The van der Waals surface area contributed by atoms with Crippen molar-refractivity contribution >= 4 is 52.7 Å². The van der Waals surface area contributed by atoms with Gasteiger partial charge in [-0.15, -0.1) is 11.8 Å². The van der Waals surface area contributed by atoms with E-state index in [0.29, 0.717) is 0 Å². The molecule has 1 unspecified atom stereocenters. The van der Waals surface area contributed by atoms with Crippen molar-refractivity contribution < 1.29 is 19.5 Å². The lowest BCUT2D eigenvalue weighted by atomic mass is 10.3. The Bertz CT molecular complexity index is 1060. The molecule has 1 aliphatic rings. The lowest BCUT2D eigenvalue weighted by Gasteiger charge is -2.30. The first-order valence-electron chi connectivity index (χ1n) is 10.9. The van der Waals surface area contributed by atoms with Crippen molar-refractivity contribution in [3.8, 4) is 0 Å². The second kappa shape index (κ2) is 10.5. The van der Waals surface area contributed by atoms with E-state index in [2.05, 4.69) is 36.4 Å². The van der Waals surface area contributed by atoms with Crippen LogP contribution in [0.2, 0.25) is 0 Å². The fourth-order valence-electron chi connectivity index (χ4n) is 4.17. The maximum Gasteiger partial charge on any atom is 0.321 e. The van der Waals surface area contributed by atoms with Crippen LogP contribution < -0.4 is 21.6 Å². The number of aliphatic carboxylic acids is 1. The van der Waals surface area contributed by atoms with Crippen molar-refractivity contribution in [1.29, 1.82) is 0 Å². The van der Waals surface area contributed by atoms with Gasteiger partial charge in [0.25, 0.3) is 0 Å². The molecule has 1 fully saturated rings. The lowest BCUT2D eigenvalue weighted by molar-refractivity contribution is -0.138. The molecular formula is C26H26N2O4PS+. The van der Waals surface area contributed by atoms with Gasteiger partial charge in [0.15, 0.2) is 6.29 Å². The Labute approximate surface area is 203 Å². The first-order chi connectivity index (χ1) is 16.4. The number of rotatable bonds is 9. The molecule has 8 heteroatoms. The van der Waals surface area contributed by atoms with Gasteiger partial charge in [0, 0.05) is 12.2 Å². The zero-order valence-electron chi connectivity index (χ0n) is 18.5. The largest absolute Gasteiger partial charge is 0.480 e. The van der Waals surface area contributed by atoms with Crippen LogP contribution in [0.5, 0.6) is 0 Å². The number of nitrogens with zero attached hydrogens (tertiary/aromatic N) is 1. The van der Waals surface area contributed by atoms with Gasteiger partial charge in [-0.1, -0.05) is 54.6 Å². The van der Waals surface area contributed by atoms with Gasteiger partial charge in [-0.05, 0) is 36.4 Å². The van der Waals surface area contributed by atoms with Crippen LogP contribution in [0.4, 0.5) is 0 Å². The summed E-state index contributed by atoms with van der Waals surface area (Å²) in [6, 6.07) is 29.1. The number of nitrogens with two attached hydrogens (primary N) is 1. The van der Waals surface area contributed by atoms with Crippen LogP contribution in [-0.4, -0.2) is 51.1 Å². The quantitative estimate of drug-likeness (QED) is 0.350. The van der Waals surface area contributed by atoms with Gasteiger partial charge in [-0.2, -0.15) is 0 Å². The molecule has 34 heavy (non-hydrogen) atoms. The predicted octanol–water partition coefficient (Wildman–Crippen LogP) is 2.21. The van der Waals surface area contributed by atoms with Crippen LogP contribution in [0.15, 0.2) is 91.0 Å². The number of benzene rings is 3. The number of hydrogen-bond acceptors (Lipinski definition) is 5. The molecule has 3 aromatic carbocycles. The normalized spacial score (nSPS) is 17.1. The number of likely N-dealkylation sites (tertiary alicyclic amines) is 1. The summed E-state index contributed by atoms with van der Waals surface area (Å²) in [5.41, 5.74) is 5.61. The smallest absolute Gasteiger partial charge is 0.321 e. The number of carboxylic acid groups (broad SMARTS) is 1. The van der Waals surface area contributed by atoms with Crippen molar-refractivity contribution in [3.63, 3.8) is 0 Å². The predicted molar refractivity (Wildman–Crippen MR) is 138 cm³/mol. The van der Waals surface area contributed by atoms with Gasteiger partial charge in [-0.25, -0.2) is 4.90 Å². The molecule has 0 saturated carbocycles. The second-order valence-electron chi connectivity index (χ2n) is 8.09. The first-order valence-corrected chi connectivity index (χ1v) is 13.9. The molecule has 0 bridgehead atoms. The third kappa shape index (κ3) is 4.78. The zero-order chi connectivity index (χ0) is 24.1. The highest BCUT2D eigenvalue weighted by Crippen LogP contribution is 2.56. The number of carbonyl (C=O) groups excluding carboxylic acids is 2. The summed E-state index contributed by atoms with van der Waals surface area (Å²) in [4.78, 5) is 38.9. The summed E-state index contributed by atoms with van der Waals surface area (Å²) >= 11 is 1.14. The summed E-state index contributed by atoms with van der Waals surface area (Å²) in [5, 5.41) is 11.7. The molecule has 3 N–H and O–H groups in total. The second-order valence-corrected chi connectivity index (χ2v) is 12.8. The van der Waals surface area contributed by atoms with Crippen LogP contribution >= 0.6 is 19.0 Å². The van der Waals surface area contributed by atoms with Gasteiger partial charge in [0.05, 0.1) is 5.25 Å². The van der Waals surface area contributed by atoms with E-state index < -0.39 is 24.5 Å². The van der Waals surface area contributed by atoms with Crippen molar-refractivity contribution in [2.75, 3.05) is 12.0 Å². The highest BCUT2D eigenvalue weighted by atomic mass is 32.2. The van der Waals surface area contributed by atoms with Gasteiger partial charge in [-0.3, -0.25) is 14.4 Å². The molecule has 2 atom stereocenters. The Morgan fingerprint density at radius 1 is 0.912 bits per heavy atom. The lowest BCUT2D eigenvalue weighted by Crippen LogP contribution is -2.42. The molecule has 0 radical (unpaired) electrons. The van der Waals surface area contributed by atoms with Gasteiger partial charge in [0.1, 0.15) is 29.2 Å². The number of thioether (sulfide) groups is 1. The SMILES string of the molecule is N[C@@H](CSC1CC(=O)N(C[P+](c2ccccc2)(c2ccccc2)c2ccccc2)C1=O)C(=O)O. The molecule has 1 saturated heterocycles. The summed E-state index contributed by atoms with van der Waals surface area (Å²) in [6.45, 7) is 0. The van der Waals surface area contributed by atoms with E-state index in [1.807, 2.05) is 54.6 Å². The topological polar surface area (TPSA) is 101 Å². The fraction of sp³-hybridized carbons (Fsp3) is 0.192. The van der Waals surface area contributed by atoms with Crippen LogP contribution in [0, 0.1) is 0 Å². The molecule has 0 aromatic heterocycles. The van der Waals surface area contributed by atoms with E-state index in [9.17, 15) is 14.4 Å². The summed E-state index contributed by atoms with van der Waals surface area (Å²) in [5.74, 6) is -1.56. The molecule has 0 aliphatic carbocycles. The number of carbonyl (C=O) groups is 3. The molecule has 2 amide bonds. The zero-order valence-corrected chi connectivity index (χ0v) is 20.2. The highest BCUT2D eigenvalue weighted by Gasteiger charge is 2.52. The molecule has 6 nitrogen and oxygen atoms in total. The van der Waals surface area contributed by atoms with Crippen molar-refractivity contribution in [3.05, 3.63) is 91.0 Å². The standard InChI is InChI=1S/C26H25N2O4PS/c27-22(26(31)32)17-34-23-16-24(29)28(25(23)30)18-33(19-10-4-1-5-11-19,20-12-6-2-7-13-20)21-14-8-3-9-15-21/h1-15,22-23H,16-18,27H2/p+1/t22-,23?/m0/s1. The van der Waals surface area contributed by atoms with Crippen molar-refractivity contribution in [1.82, 2.24) is 4.90 Å². The summed E-state index contributed by atoms with van der Waals surface area (Å²) < 4.78 is 0. The van der Waals surface area contributed by atoms with Crippen LogP contribution in [0.3, 0.4) is 0 Å². The van der Waals surface area contributed by atoms with Crippen LogP contribution in [-0.2, 0) is 14.4 Å². The number of imide groups is 1. The molecular weight excluding hydrogens is 467 g/mol. The maximum atomic E-state index is 13.4. The van der Waals surface area contributed by atoms with E-state index >= 15 is 0 Å². The van der Waals surface area contributed by atoms with E-state index in [1.54, 1.807) is 0 Å². The van der Waals surface area contributed by atoms with Crippen molar-refractivity contribution in [2.45, 2.75) is 17.7 Å². The Hall–Kier alpha value is -2.99. The number of carboxylic acids is 1. The molecule has 174 valence electrons. The monoisotopic (exact) mass is 493 g/mol. The number of amides is 2. The average molecular weight is 494 g/mol. The number of hydrogen-bond donors (Lipinski definition) is 2. The van der Waals surface area contributed by atoms with E-state index in [-0.39, 0.29) is 30.3 Å². The van der Waals surface area contributed by atoms with E-state index in [0.717, 1.165) is 27.7 Å². The molecule has 1 aliphatic heterocycles. The van der Waals surface area contributed by atoms with Crippen LogP contribution in [0.25, 0.3) is 0 Å². The van der Waals surface area contributed by atoms with Gasteiger partial charge < -0.3 is 10.8 Å². The van der Waals surface area contributed by atoms with Gasteiger partial charge in [0.2, 0.25) is 11.8 Å². The highest BCUT2D eigenvalue weighted by molar-refractivity contribution is 8.00. The fourth-order valence-corrected chi connectivity index (χ4v) is 9.44. The Balaban J connectivity index is 1.76.